The minimum absolute atomic E-state index is 0.118. The molecule has 0 aliphatic heterocycles. The molecule has 1 atom stereocenters. The molecule has 448 valence electrons. The molecule has 1 unspecified atom stereocenters. The first kappa shape index (κ1) is 74.8. The molecule has 0 bridgehead atoms. The first-order valence-electron chi connectivity index (χ1n) is 32.1. The zero-order chi connectivity index (χ0) is 57.8. The lowest BCUT2D eigenvalue weighted by molar-refractivity contribution is -0.167. The van der Waals surface area contributed by atoms with Gasteiger partial charge in [-0.2, -0.15) is 0 Å². The maximum Gasteiger partial charge on any atom is 0.306 e. The van der Waals surface area contributed by atoms with Crippen molar-refractivity contribution in [3.63, 3.8) is 0 Å². The summed E-state index contributed by atoms with van der Waals surface area (Å²) in [5.74, 6) is -1.01. The Balaban J connectivity index is 4.53. The molecule has 0 saturated heterocycles. The van der Waals surface area contributed by atoms with E-state index in [9.17, 15) is 14.4 Å². The van der Waals surface area contributed by atoms with Crippen LogP contribution in [0.25, 0.3) is 0 Å². The fraction of sp³-hybridized carbons (Fsp3) is 0.581. The molecule has 0 spiro atoms. The van der Waals surface area contributed by atoms with Gasteiger partial charge in [0.25, 0.3) is 0 Å². The van der Waals surface area contributed by atoms with E-state index in [1.807, 2.05) is 0 Å². The molecule has 0 heterocycles. The predicted molar refractivity (Wildman–Crippen MR) is 348 cm³/mol. The lowest BCUT2D eigenvalue weighted by atomic mass is 10.1. The lowest BCUT2D eigenvalue weighted by Gasteiger charge is -2.18. The highest BCUT2D eigenvalue weighted by molar-refractivity contribution is 5.71. The Bertz CT molecular complexity index is 1840. The monoisotopic (exact) mass is 1100 g/mol. The van der Waals surface area contributed by atoms with Gasteiger partial charge in [0.2, 0.25) is 0 Å². The van der Waals surface area contributed by atoms with Crippen LogP contribution in [0.15, 0.2) is 170 Å². The summed E-state index contributed by atoms with van der Waals surface area (Å²) in [6, 6.07) is 0. The van der Waals surface area contributed by atoms with Gasteiger partial charge in [0.05, 0.1) is 0 Å². The smallest absolute Gasteiger partial charge is 0.306 e. The normalized spacial score (nSPS) is 13.3. The highest BCUT2D eigenvalue weighted by atomic mass is 16.6. The molecule has 0 aromatic carbocycles. The van der Waals surface area contributed by atoms with Crippen molar-refractivity contribution >= 4 is 17.9 Å². The third-order valence-electron chi connectivity index (χ3n) is 12.9. The number of carbonyl (C=O) groups excluding carboxylic acids is 3. The molecule has 0 fully saturated rings. The Morgan fingerprint density at radius 3 is 0.812 bits per heavy atom. The quantitative estimate of drug-likeness (QED) is 0.0261. The summed E-state index contributed by atoms with van der Waals surface area (Å²) in [5.41, 5.74) is 0. The molecule has 0 aromatic rings. The van der Waals surface area contributed by atoms with E-state index in [2.05, 4.69) is 191 Å². The minimum atomic E-state index is -0.829. The number of carbonyl (C=O) groups is 3. The third-order valence-corrected chi connectivity index (χ3v) is 12.9. The van der Waals surface area contributed by atoms with Gasteiger partial charge in [-0.15, -0.1) is 0 Å². The van der Waals surface area contributed by atoms with Gasteiger partial charge in [-0.1, -0.05) is 262 Å². The standard InChI is InChI=1S/C74H116O6/c1-4-7-10-13-16-19-22-25-28-30-32-34-36-37-39-40-42-44-46-49-52-55-58-61-64-67-73(76)79-70-71(69-78-72(75)66-63-60-57-54-51-48-27-24-21-18-15-12-9-6-3)80-74(77)68-65-62-59-56-53-50-47-45-43-41-38-35-33-31-29-26-23-20-17-14-11-8-5-2/h7-8,10-11,16-17,19-20,24-29,32-35,37,39,41-44,47,50,56,59,71H,4-6,9,12-15,18,21-23,30-31,36,38,40,45-46,48-49,51-55,57-58,60-70H2,1-3H3/b10-7-,11-8-,19-16-,20-17-,27-24-,28-25-,29-26-,34-32-,35-33-,39-37-,43-41-,44-42-,50-47-,59-56-. The van der Waals surface area contributed by atoms with Crippen molar-refractivity contribution in [1.29, 1.82) is 0 Å². The molecule has 0 rings (SSSR count). The van der Waals surface area contributed by atoms with Crippen LogP contribution in [0.5, 0.6) is 0 Å². The van der Waals surface area contributed by atoms with Gasteiger partial charge in [0.1, 0.15) is 13.2 Å². The Kier molecular flexibility index (Phi) is 61.9. The third kappa shape index (κ3) is 63.6. The molecule has 0 amide bonds. The van der Waals surface area contributed by atoms with Crippen LogP contribution in [0.1, 0.15) is 258 Å². The van der Waals surface area contributed by atoms with Gasteiger partial charge in [0.15, 0.2) is 6.10 Å². The Morgan fingerprint density at radius 1 is 0.263 bits per heavy atom. The van der Waals surface area contributed by atoms with Gasteiger partial charge in [-0.3, -0.25) is 14.4 Å². The van der Waals surface area contributed by atoms with Crippen molar-refractivity contribution in [3.8, 4) is 0 Å². The number of hydrogen-bond acceptors (Lipinski definition) is 6. The highest BCUT2D eigenvalue weighted by Crippen LogP contribution is 2.13. The van der Waals surface area contributed by atoms with E-state index in [1.165, 1.54) is 57.8 Å². The van der Waals surface area contributed by atoms with Crippen LogP contribution in [0.2, 0.25) is 0 Å². The summed E-state index contributed by atoms with van der Waals surface area (Å²) in [6.45, 7) is 6.33. The average Bonchev–Trinajstić information content (AvgIpc) is 3.46. The van der Waals surface area contributed by atoms with E-state index in [-0.39, 0.29) is 37.5 Å². The second kappa shape index (κ2) is 66.3. The molecule has 0 aromatic heterocycles. The van der Waals surface area contributed by atoms with E-state index in [1.54, 1.807) is 0 Å². The van der Waals surface area contributed by atoms with Crippen LogP contribution in [0.4, 0.5) is 0 Å². The first-order valence-corrected chi connectivity index (χ1v) is 32.1. The molecule has 0 saturated carbocycles. The summed E-state index contributed by atoms with van der Waals surface area (Å²) in [6.07, 6.45) is 97.8. The van der Waals surface area contributed by atoms with Crippen molar-refractivity contribution in [2.75, 3.05) is 13.2 Å². The zero-order valence-corrected chi connectivity index (χ0v) is 51.3. The molecule has 0 N–H and O–H groups in total. The average molecular weight is 1100 g/mol. The van der Waals surface area contributed by atoms with Crippen LogP contribution in [-0.2, 0) is 28.6 Å². The minimum Gasteiger partial charge on any atom is -0.462 e. The number of rotatable bonds is 56. The second-order valence-corrected chi connectivity index (χ2v) is 20.5. The molecular weight excluding hydrogens is 985 g/mol. The van der Waals surface area contributed by atoms with E-state index >= 15 is 0 Å². The summed E-state index contributed by atoms with van der Waals surface area (Å²) < 4.78 is 16.9. The lowest BCUT2D eigenvalue weighted by Crippen LogP contribution is -2.30. The largest absolute Gasteiger partial charge is 0.462 e. The van der Waals surface area contributed by atoms with Crippen LogP contribution in [0.3, 0.4) is 0 Å². The summed E-state index contributed by atoms with van der Waals surface area (Å²) >= 11 is 0. The van der Waals surface area contributed by atoms with Crippen LogP contribution >= 0.6 is 0 Å². The van der Waals surface area contributed by atoms with Gasteiger partial charge < -0.3 is 14.2 Å². The number of hydrogen-bond donors (Lipinski definition) is 0. The predicted octanol–water partition coefficient (Wildman–Crippen LogP) is 22.3. The molecular formula is C74H116O6. The first-order chi connectivity index (χ1) is 39.5. The molecule has 0 aliphatic carbocycles. The van der Waals surface area contributed by atoms with Crippen molar-refractivity contribution in [2.24, 2.45) is 0 Å². The van der Waals surface area contributed by atoms with Gasteiger partial charge >= 0.3 is 17.9 Å². The van der Waals surface area contributed by atoms with E-state index < -0.39 is 6.10 Å². The van der Waals surface area contributed by atoms with Gasteiger partial charge in [0, 0.05) is 19.3 Å². The van der Waals surface area contributed by atoms with Gasteiger partial charge in [-0.25, -0.2) is 0 Å². The van der Waals surface area contributed by atoms with Crippen molar-refractivity contribution < 1.29 is 28.6 Å². The topological polar surface area (TPSA) is 78.9 Å². The summed E-state index contributed by atoms with van der Waals surface area (Å²) in [7, 11) is 0. The maximum absolute atomic E-state index is 12.9. The Labute approximate surface area is 492 Å². The van der Waals surface area contributed by atoms with Crippen LogP contribution in [-0.4, -0.2) is 37.2 Å². The fourth-order valence-corrected chi connectivity index (χ4v) is 8.19. The summed E-state index contributed by atoms with van der Waals surface area (Å²) in [5, 5.41) is 0. The molecule has 6 nitrogen and oxygen atoms in total. The van der Waals surface area contributed by atoms with Crippen molar-refractivity contribution in [2.45, 2.75) is 264 Å². The van der Waals surface area contributed by atoms with Crippen LogP contribution < -0.4 is 0 Å². The SMILES string of the molecule is CC/C=C\C/C=C\C/C=C\C/C=C\C/C=C\C/C=C\C/C=C\CCCC(=O)OC(COC(=O)CCCCCCC/C=C\CCCCCCC)COC(=O)CCCCCCCC/C=C\C/C=C\C/C=C\C/C=C\C/C=C\C/C=C\CC. The van der Waals surface area contributed by atoms with Crippen molar-refractivity contribution in [1.82, 2.24) is 0 Å². The number of ether oxygens (including phenoxy) is 3. The molecule has 0 aliphatic rings. The zero-order valence-electron chi connectivity index (χ0n) is 51.3. The molecule has 6 heteroatoms. The highest BCUT2D eigenvalue weighted by Gasteiger charge is 2.19. The molecule has 80 heavy (non-hydrogen) atoms. The molecule has 0 radical (unpaired) electrons. The number of esters is 3. The Morgan fingerprint density at radius 2 is 0.500 bits per heavy atom. The van der Waals surface area contributed by atoms with E-state index in [0.717, 1.165) is 154 Å². The second-order valence-electron chi connectivity index (χ2n) is 20.5. The number of unbranched alkanes of at least 4 members (excludes halogenated alkanes) is 17. The van der Waals surface area contributed by atoms with Crippen LogP contribution in [0, 0.1) is 0 Å². The Hall–Kier alpha value is -5.23. The fourth-order valence-electron chi connectivity index (χ4n) is 8.19. The van der Waals surface area contributed by atoms with Crippen molar-refractivity contribution in [3.05, 3.63) is 170 Å². The maximum atomic E-state index is 12.9. The van der Waals surface area contributed by atoms with Gasteiger partial charge in [-0.05, 0) is 148 Å². The number of allylic oxidation sites excluding steroid dienone is 28. The van der Waals surface area contributed by atoms with E-state index in [4.69, 9.17) is 14.2 Å². The van der Waals surface area contributed by atoms with E-state index in [0.29, 0.717) is 19.3 Å². The summed E-state index contributed by atoms with van der Waals surface area (Å²) in [4.78, 5) is 38.3.